The summed E-state index contributed by atoms with van der Waals surface area (Å²) >= 11 is 15.5. The first-order valence-electron chi connectivity index (χ1n) is 7.45. The molecule has 0 radical (unpaired) electrons. The van der Waals surface area contributed by atoms with Gasteiger partial charge in [0.05, 0.1) is 11.4 Å². The topological polar surface area (TPSA) is 38.7 Å². The minimum Gasteiger partial charge on any atom is -0.242 e. The Balaban J connectivity index is 2.01. The van der Waals surface area contributed by atoms with E-state index in [-0.39, 0.29) is 0 Å². The number of benzene rings is 2. The van der Waals surface area contributed by atoms with Crippen molar-refractivity contribution in [3.63, 3.8) is 0 Å². The van der Waals surface area contributed by atoms with Crippen LogP contribution in [0.3, 0.4) is 0 Å². The molecule has 0 N–H and O–H groups in total. The van der Waals surface area contributed by atoms with E-state index in [1.54, 1.807) is 6.20 Å². The van der Waals surface area contributed by atoms with Gasteiger partial charge in [0, 0.05) is 31.8 Å². The van der Waals surface area contributed by atoms with Crippen molar-refractivity contribution in [1.82, 2.24) is 15.0 Å². The fourth-order valence-electron chi connectivity index (χ4n) is 2.54. The summed E-state index contributed by atoms with van der Waals surface area (Å²) in [5.74, 6) is 0. The summed E-state index contributed by atoms with van der Waals surface area (Å²) in [6.45, 7) is 0. The van der Waals surface area contributed by atoms with Gasteiger partial charge in [0.15, 0.2) is 5.65 Å². The van der Waals surface area contributed by atoms with E-state index in [1.807, 2.05) is 54.6 Å². The van der Waals surface area contributed by atoms with Crippen LogP contribution in [-0.4, -0.2) is 15.0 Å². The molecule has 6 heteroatoms. The second-order valence-corrected chi connectivity index (χ2v) is 7.22. The molecule has 0 aliphatic heterocycles. The zero-order valence-electron chi connectivity index (χ0n) is 12.7. The van der Waals surface area contributed by atoms with Gasteiger partial charge in [-0.2, -0.15) is 0 Å². The molecule has 0 saturated heterocycles. The molecule has 2 aromatic heterocycles. The number of halogens is 3. The highest BCUT2D eigenvalue weighted by atomic mass is 79.9. The Morgan fingerprint density at radius 3 is 1.80 bits per heavy atom. The van der Waals surface area contributed by atoms with Crippen molar-refractivity contribution in [2.45, 2.75) is 0 Å². The lowest BCUT2D eigenvalue weighted by atomic mass is 10.0. The Kier molecular flexibility index (Phi) is 4.42. The second kappa shape index (κ2) is 6.71. The molecule has 0 unspecified atom stereocenters. The molecule has 0 aliphatic carbocycles. The Bertz CT molecular complexity index is 1060. The number of hydrogen-bond donors (Lipinski definition) is 0. The van der Waals surface area contributed by atoms with Gasteiger partial charge in [-0.15, -0.1) is 0 Å². The monoisotopic (exact) mass is 429 g/mol. The SMILES string of the molecule is Clc1ccc(-c2nc3cc(Br)cnc3nc2-c2ccc(Cl)cc2)cc1. The number of fused-ring (bicyclic) bond motifs is 1. The van der Waals surface area contributed by atoms with Crippen molar-refractivity contribution >= 4 is 50.3 Å². The third-order valence-corrected chi connectivity index (χ3v) is 4.66. The highest BCUT2D eigenvalue weighted by Crippen LogP contribution is 2.32. The van der Waals surface area contributed by atoms with E-state index in [4.69, 9.17) is 33.2 Å². The third kappa shape index (κ3) is 3.38. The number of nitrogens with zero attached hydrogens (tertiary/aromatic N) is 3. The number of rotatable bonds is 2. The smallest absolute Gasteiger partial charge is 0.178 e. The van der Waals surface area contributed by atoms with E-state index in [0.717, 1.165) is 32.5 Å². The molecule has 0 bridgehead atoms. The predicted molar refractivity (Wildman–Crippen MR) is 106 cm³/mol. The molecule has 2 aromatic carbocycles. The largest absolute Gasteiger partial charge is 0.242 e. The van der Waals surface area contributed by atoms with E-state index in [2.05, 4.69) is 20.9 Å². The standard InChI is InChI=1S/C19H10BrCl2N3/c20-13-9-16-19(23-10-13)25-18(12-3-7-15(22)8-4-12)17(24-16)11-1-5-14(21)6-2-11/h1-10H. The second-order valence-electron chi connectivity index (χ2n) is 5.43. The first-order valence-corrected chi connectivity index (χ1v) is 9.00. The highest BCUT2D eigenvalue weighted by molar-refractivity contribution is 9.10. The van der Waals surface area contributed by atoms with Crippen molar-refractivity contribution in [3.8, 4) is 22.5 Å². The maximum Gasteiger partial charge on any atom is 0.178 e. The molecule has 0 fully saturated rings. The lowest BCUT2D eigenvalue weighted by Crippen LogP contribution is -1.97. The van der Waals surface area contributed by atoms with Crippen LogP contribution in [0.1, 0.15) is 0 Å². The summed E-state index contributed by atoms with van der Waals surface area (Å²) in [4.78, 5) is 13.9. The molecular formula is C19H10BrCl2N3. The minimum atomic E-state index is 0.589. The average Bonchev–Trinajstić information content (AvgIpc) is 2.62. The third-order valence-electron chi connectivity index (χ3n) is 3.72. The Morgan fingerprint density at radius 2 is 1.24 bits per heavy atom. The molecule has 122 valence electrons. The van der Waals surface area contributed by atoms with Gasteiger partial charge >= 0.3 is 0 Å². The minimum absolute atomic E-state index is 0.589. The molecule has 0 amide bonds. The number of hydrogen-bond acceptors (Lipinski definition) is 3. The number of aromatic nitrogens is 3. The highest BCUT2D eigenvalue weighted by Gasteiger charge is 2.14. The summed E-state index contributed by atoms with van der Waals surface area (Å²) in [6, 6.07) is 17.0. The van der Waals surface area contributed by atoms with Crippen LogP contribution in [0.15, 0.2) is 65.3 Å². The molecule has 25 heavy (non-hydrogen) atoms. The Labute approximate surface area is 162 Å². The summed E-state index contributed by atoms with van der Waals surface area (Å²) < 4.78 is 0.857. The molecule has 3 nitrogen and oxygen atoms in total. The number of pyridine rings is 1. The molecule has 0 saturated carbocycles. The van der Waals surface area contributed by atoms with Crippen LogP contribution in [0.4, 0.5) is 0 Å². The maximum atomic E-state index is 6.02. The van der Waals surface area contributed by atoms with Crippen molar-refractivity contribution in [3.05, 3.63) is 75.3 Å². The van der Waals surface area contributed by atoms with Crippen LogP contribution in [0.2, 0.25) is 10.0 Å². The van der Waals surface area contributed by atoms with Gasteiger partial charge in [-0.05, 0) is 46.3 Å². The quantitative estimate of drug-likeness (QED) is 0.367. The van der Waals surface area contributed by atoms with Crippen LogP contribution in [-0.2, 0) is 0 Å². The first kappa shape index (κ1) is 16.5. The molecule has 0 atom stereocenters. The van der Waals surface area contributed by atoms with Gasteiger partial charge < -0.3 is 0 Å². The summed E-state index contributed by atoms with van der Waals surface area (Å²) in [5, 5.41) is 1.35. The van der Waals surface area contributed by atoms with Gasteiger partial charge in [-0.3, -0.25) is 0 Å². The average molecular weight is 431 g/mol. The van der Waals surface area contributed by atoms with E-state index < -0.39 is 0 Å². The van der Waals surface area contributed by atoms with Crippen molar-refractivity contribution in [2.75, 3.05) is 0 Å². The summed E-state index contributed by atoms with van der Waals surface area (Å²) in [5.41, 5.74) is 4.69. The first-order chi connectivity index (χ1) is 12.1. The molecule has 4 rings (SSSR count). The molecule has 0 aliphatic rings. The van der Waals surface area contributed by atoms with Crippen LogP contribution < -0.4 is 0 Å². The van der Waals surface area contributed by atoms with Gasteiger partial charge in [0.25, 0.3) is 0 Å². The molecular weight excluding hydrogens is 421 g/mol. The predicted octanol–water partition coefficient (Wildman–Crippen LogP) is 6.43. The van der Waals surface area contributed by atoms with E-state index in [1.165, 1.54) is 0 Å². The maximum absolute atomic E-state index is 6.02. The molecule has 2 heterocycles. The lowest BCUT2D eigenvalue weighted by Gasteiger charge is -2.10. The van der Waals surface area contributed by atoms with Gasteiger partial charge in [0.2, 0.25) is 0 Å². The van der Waals surface area contributed by atoms with Crippen molar-refractivity contribution < 1.29 is 0 Å². The molecule has 0 spiro atoms. The lowest BCUT2D eigenvalue weighted by molar-refractivity contribution is 1.22. The Hall–Kier alpha value is -2.01. The van der Waals surface area contributed by atoms with Crippen LogP contribution >= 0.6 is 39.1 Å². The van der Waals surface area contributed by atoms with Crippen LogP contribution in [0.5, 0.6) is 0 Å². The molecule has 4 aromatic rings. The van der Waals surface area contributed by atoms with Gasteiger partial charge in [-0.1, -0.05) is 47.5 Å². The fraction of sp³-hybridized carbons (Fsp3) is 0. The van der Waals surface area contributed by atoms with Crippen molar-refractivity contribution in [2.24, 2.45) is 0 Å². The fourth-order valence-corrected chi connectivity index (χ4v) is 3.11. The zero-order valence-corrected chi connectivity index (χ0v) is 15.8. The summed E-state index contributed by atoms with van der Waals surface area (Å²) in [7, 11) is 0. The van der Waals surface area contributed by atoms with Crippen LogP contribution in [0, 0.1) is 0 Å². The normalized spacial score (nSPS) is 11.0. The van der Waals surface area contributed by atoms with Gasteiger partial charge in [0.1, 0.15) is 5.52 Å². The van der Waals surface area contributed by atoms with Gasteiger partial charge in [-0.25, -0.2) is 15.0 Å². The van der Waals surface area contributed by atoms with Crippen molar-refractivity contribution in [1.29, 1.82) is 0 Å². The summed E-state index contributed by atoms with van der Waals surface area (Å²) in [6.07, 6.45) is 1.71. The van der Waals surface area contributed by atoms with E-state index >= 15 is 0 Å². The zero-order chi connectivity index (χ0) is 17.4. The Morgan fingerprint density at radius 1 is 0.720 bits per heavy atom. The van der Waals surface area contributed by atoms with E-state index in [9.17, 15) is 0 Å². The van der Waals surface area contributed by atoms with E-state index in [0.29, 0.717) is 15.7 Å². The van der Waals surface area contributed by atoms with Crippen LogP contribution in [0.25, 0.3) is 33.7 Å².